The van der Waals surface area contributed by atoms with Gasteiger partial charge in [-0.25, -0.2) is 8.78 Å². The largest absolute Gasteiger partial charge is 0.351 e. The first-order valence-corrected chi connectivity index (χ1v) is 7.32. The van der Waals surface area contributed by atoms with Crippen LogP contribution in [0.3, 0.4) is 0 Å². The van der Waals surface area contributed by atoms with Gasteiger partial charge in [-0.3, -0.25) is 4.79 Å². The van der Waals surface area contributed by atoms with Crippen molar-refractivity contribution in [1.29, 1.82) is 0 Å². The molecule has 1 rings (SSSR count). The number of nitrogens with one attached hydrogen (secondary N) is 1. The van der Waals surface area contributed by atoms with Gasteiger partial charge in [0.25, 0.3) is 0 Å². The molecule has 0 bridgehead atoms. The zero-order chi connectivity index (χ0) is 14.5. The van der Waals surface area contributed by atoms with E-state index in [1.807, 2.05) is 20.8 Å². The second kappa shape index (κ2) is 6.89. The molecule has 106 valence electrons. The van der Waals surface area contributed by atoms with Crippen LogP contribution in [0, 0.1) is 11.6 Å². The van der Waals surface area contributed by atoms with E-state index < -0.39 is 11.6 Å². The fourth-order valence-electron chi connectivity index (χ4n) is 1.39. The van der Waals surface area contributed by atoms with Crippen LogP contribution in [-0.4, -0.2) is 17.2 Å². The summed E-state index contributed by atoms with van der Waals surface area (Å²) < 4.78 is 25.7. The summed E-state index contributed by atoms with van der Waals surface area (Å²) in [5.74, 6) is -0.954. The number of rotatable bonds is 6. The summed E-state index contributed by atoms with van der Waals surface area (Å²) >= 11 is 1.38. The van der Waals surface area contributed by atoms with Crippen LogP contribution in [0.2, 0.25) is 0 Å². The highest BCUT2D eigenvalue weighted by Gasteiger charge is 2.17. The van der Waals surface area contributed by atoms with Gasteiger partial charge in [-0.15, -0.1) is 11.8 Å². The average Bonchev–Trinajstić information content (AvgIpc) is 2.33. The van der Waals surface area contributed by atoms with E-state index >= 15 is 0 Å². The lowest BCUT2D eigenvalue weighted by Gasteiger charge is -2.24. The summed E-state index contributed by atoms with van der Waals surface area (Å²) in [6.07, 6.45) is 0.854. The van der Waals surface area contributed by atoms with Crippen LogP contribution >= 0.6 is 11.8 Å². The van der Waals surface area contributed by atoms with Crippen LogP contribution in [-0.2, 0) is 10.5 Å². The number of carbonyl (C=O) groups excluding carboxylic acids is 1. The summed E-state index contributed by atoms with van der Waals surface area (Å²) in [5.41, 5.74) is 0.464. The van der Waals surface area contributed by atoms with Crippen molar-refractivity contribution < 1.29 is 13.6 Å². The number of hydrogen-bond donors (Lipinski definition) is 1. The van der Waals surface area contributed by atoms with Gasteiger partial charge in [-0.2, -0.15) is 0 Å². The van der Waals surface area contributed by atoms with Crippen LogP contribution in [0.15, 0.2) is 18.2 Å². The SMILES string of the molecule is CCC(C)(C)NC(=O)CSCc1ccc(F)c(F)c1. The van der Waals surface area contributed by atoms with E-state index in [2.05, 4.69) is 5.32 Å². The lowest BCUT2D eigenvalue weighted by molar-refractivity contribution is -0.120. The maximum Gasteiger partial charge on any atom is 0.230 e. The molecule has 1 amide bonds. The van der Waals surface area contributed by atoms with Crippen molar-refractivity contribution in [2.45, 2.75) is 38.5 Å². The fourth-order valence-corrected chi connectivity index (χ4v) is 2.17. The Labute approximate surface area is 117 Å². The summed E-state index contributed by atoms with van der Waals surface area (Å²) in [5, 5.41) is 2.92. The second-order valence-corrected chi connectivity index (χ2v) is 6.01. The van der Waals surface area contributed by atoms with Crippen molar-refractivity contribution in [1.82, 2.24) is 5.32 Å². The van der Waals surface area contributed by atoms with Crippen molar-refractivity contribution in [3.8, 4) is 0 Å². The predicted molar refractivity (Wildman–Crippen MR) is 75.0 cm³/mol. The Bertz CT molecular complexity index is 449. The van der Waals surface area contributed by atoms with Crippen LogP contribution in [0.5, 0.6) is 0 Å². The van der Waals surface area contributed by atoms with Crippen LogP contribution in [0.4, 0.5) is 8.78 Å². The maximum atomic E-state index is 13.0. The molecule has 19 heavy (non-hydrogen) atoms. The van der Waals surface area contributed by atoms with Crippen LogP contribution in [0.25, 0.3) is 0 Å². The van der Waals surface area contributed by atoms with Crippen molar-refractivity contribution in [3.05, 3.63) is 35.4 Å². The van der Waals surface area contributed by atoms with Gasteiger partial charge < -0.3 is 5.32 Å². The lowest BCUT2D eigenvalue weighted by Crippen LogP contribution is -2.43. The molecule has 0 radical (unpaired) electrons. The van der Waals surface area contributed by atoms with Crippen molar-refractivity contribution in [2.75, 3.05) is 5.75 Å². The molecule has 2 nitrogen and oxygen atoms in total. The van der Waals surface area contributed by atoms with E-state index in [-0.39, 0.29) is 11.4 Å². The predicted octanol–water partition coefficient (Wildman–Crippen LogP) is 3.50. The standard InChI is InChI=1S/C14H19F2NOS/c1-4-14(2,3)17-13(18)9-19-8-10-5-6-11(15)12(16)7-10/h5-7H,4,8-9H2,1-3H3,(H,17,18). The second-order valence-electron chi connectivity index (χ2n) is 5.03. The Kier molecular flexibility index (Phi) is 5.79. The summed E-state index contributed by atoms with van der Waals surface area (Å²) in [6.45, 7) is 5.94. The molecule has 0 aliphatic heterocycles. The number of thioether (sulfide) groups is 1. The van der Waals surface area contributed by atoms with E-state index in [1.54, 1.807) is 0 Å². The molecule has 0 unspecified atom stereocenters. The molecule has 1 aromatic rings. The number of amides is 1. The molecule has 0 saturated carbocycles. The molecule has 5 heteroatoms. The van der Waals surface area contributed by atoms with Crippen LogP contribution in [0.1, 0.15) is 32.8 Å². The Hall–Kier alpha value is -1.10. The van der Waals surface area contributed by atoms with E-state index in [1.165, 1.54) is 17.8 Å². The minimum absolute atomic E-state index is 0.0422. The van der Waals surface area contributed by atoms with E-state index in [4.69, 9.17) is 0 Å². The van der Waals surface area contributed by atoms with Gasteiger partial charge in [0.15, 0.2) is 11.6 Å². The molecular weight excluding hydrogens is 268 g/mol. The molecule has 0 aliphatic rings. The van der Waals surface area contributed by atoms with E-state index in [0.29, 0.717) is 17.1 Å². The smallest absolute Gasteiger partial charge is 0.230 e. The molecule has 1 N–H and O–H groups in total. The third-order valence-electron chi connectivity index (χ3n) is 2.85. The normalized spacial score (nSPS) is 11.4. The molecule has 1 aromatic carbocycles. The quantitative estimate of drug-likeness (QED) is 0.867. The molecule has 0 aromatic heterocycles. The third-order valence-corrected chi connectivity index (χ3v) is 3.85. The zero-order valence-corrected chi connectivity index (χ0v) is 12.2. The number of halogens is 2. The van der Waals surface area contributed by atoms with Gasteiger partial charge in [0, 0.05) is 11.3 Å². The highest BCUT2D eigenvalue weighted by atomic mass is 32.2. The molecule has 0 saturated heterocycles. The minimum atomic E-state index is -0.852. The topological polar surface area (TPSA) is 29.1 Å². The summed E-state index contributed by atoms with van der Waals surface area (Å²) in [7, 11) is 0. The van der Waals surface area contributed by atoms with E-state index in [9.17, 15) is 13.6 Å². The molecule has 0 fully saturated rings. The van der Waals surface area contributed by atoms with Gasteiger partial charge in [0.2, 0.25) is 5.91 Å². The first-order valence-electron chi connectivity index (χ1n) is 6.17. The Morgan fingerprint density at radius 3 is 2.58 bits per heavy atom. The lowest BCUT2D eigenvalue weighted by atomic mass is 10.0. The van der Waals surface area contributed by atoms with Gasteiger partial charge in [0.1, 0.15) is 0 Å². The zero-order valence-electron chi connectivity index (χ0n) is 11.4. The number of carbonyl (C=O) groups is 1. The third kappa shape index (κ3) is 5.59. The fraction of sp³-hybridized carbons (Fsp3) is 0.500. The molecular formula is C14H19F2NOS. The van der Waals surface area contributed by atoms with E-state index in [0.717, 1.165) is 18.6 Å². The first-order chi connectivity index (χ1) is 8.84. The van der Waals surface area contributed by atoms with Crippen LogP contribution < -0.4 is 5.32 Å². The van der Waals surface area contributed by atoms with Gasteiger partial charge in [-0.05, 0) is 38.0 Å². The molecule has 0 spiro atoms. The van der Waals surface area contributed by atoms with Gasteiger partial charge >= 0.3 is 0 Å². The van der Waals surface area contributed by atoms with Gasteiger partial charge in [0.05, 0.1) is 5.75 Å². The Morgan fingerprint density at radius 1 is 1.32 bits per heavy atom. The number of hydrogen-bond acceptors (Lipinski definition) is 2. The Balaban J connectivity index is 2.38. The van der Waals surface area contributed by atoms with Gasteiger partial charge in [-0.1, -0.05) is 13.0 Å². The number of benzene rings is 1. The summed E-state index contributed by atoms with van der Waals surface area (Å²) in [6, 6.07) is 3.79. The summed E-state index contributed by atoms with van der Waals surface area (Å²) in [4.78, 5) is 11.7. The molecule has 0 heterocycles. The molecule has 0 aliphatic carbocycles. The maximum absolute atomic E-state index is 13.0. The van der Waals surface area contributed by atoms with Crippen molar-refractivity contribution in [2.24, 2.45) is 0 Å². The minimum Gasteiger partial charge on any atom is -0.351 e. The van der Waals surface area contributed by atoms with Crippen molar-refractivity contribution >= 4 is 17.7 Å². The molecule has 0 atom stereocenters. The van der Waals surface area contributed by atoms with Crippen molar-refractivity contribution in [3.63, 3.8) is 0 Å². The average molecular weight is 287 g/mol. The highest BCUT2D eigenvalue weighted by molar-refractivity contribution is 7.99. The first kappa shape index (κ1) is 16.0. The monoisotopic (exact) mass is 287 g/mol. The Morgan fingerprint density at radius 2 is 2.00 bits per heavy atom. The highest BCUT2D eigenvalue weighted by Crippen LogP contribution is 2.15.